The van der Waals surface area contributed by atoms with E-state index < -0.39 is 0 Å². The van der Waals surface area contributed by atoms with Gasteiger partial charge in [0.15, 0.2) is 11.6 Å². The molecule has 0 fully saturated rings. The van der Waals surface area contributed by atoms with Crippen LogP contribution in [0.3, 0.4) is 0 Å². The molecule has 126 valence electrons. The minimum atomic E-state index is -0.355. The third-order valence-electron chi connectivity index (χ3n) is 3.79. The highest BCUT2D eigenvalue weighted by atomic mass is 19.1. The molecular formula is C18H21FN4O. The van der Waals surface area contributed by atoms with Gasteiger partial charge in [0.05, 0.1) is 24.2 Å². The lowest BCUT2D eigenvalue weighted by Gasteiger charge is -2.23. The topological polar surface area (TPSA) is 42.6 Å². The monoisotopic (exact) mass is 328 g/mol. The lowest BCUT2D eigenvalue weighted by atomic mass is 10.0. The Morgan fingerprint density at radius 3 is 2.79 bits per heavy atom. The number of aliphatic imine (C=N–C) groups is 1. The standard InChI is InChI=1S/C18H21FN4O/c1-4-7-24-17-6-5-14(8-16(17)19)18-13(2)10-23(12-20-18)15-9-21-22(3)11-15/h5-6,8-11H,4,7,12H2,1-3H3. The highest BCUT2D eigenvalue weighted by Gasteiger charge is 2.17. The Balaban J connectivity index is 1.80. The van der Waals surface area contributed by atoms with Crippen LogP contribution >= 0.6 is 0 Å². The normalized spacial score (nSPS) is 14.4. The Morgan fingerprint density at radius 1 is 1.33 bits per heavy atom. The van der Waals surface area contributed by atoms with Crippen LogP contribution in [0.5, 0.6) is 5.75 Å². The fourth-order valence-corrected chi connectivity index (χ4v) is 2.62. The molecule has 0 spiro atoms. The van der Waals surface area contributed by atoms with Crippen molar-refractivity contribution in [1.29, 1.82) is 0 Å². The fraction of sp³-hybridized carbons (Fsp3) is 0.333. The molecule has 0 amide bonds. The quantitative estimate of drug-likeness (QED) is 0.843. The third-order valence-corrected chi connectivity index (χ3v) is 3.79. The van der Waals surface area contributed by atoms with Crippen molar-refractivity contribution in [2.24, 2.45) is 12.0 Å². The van der Waals surface area contributed by atoms with Crippen LogP contribution in [-0.4, -0.2) is 28.8 Å². The predicted octanol–water partition coefficient (Wildman–Crippen LogP) is 3.52. The van der Waals surface area contributed by atoms with Gasteiger partial charge in [0.25, 0.3) is 0 Å². The van der Waals surface area contributed by atoms with Gasteiger partial charge in [0.2, 0.25) is 0 Å². The molecule has 0 saturated heterocycles. The van der Waals surface area contributed by atoms with Gasteiger partial charge in [-0.05, 0) is 37.1 Å². The second-order valence-electron chi connectivity index (χ2n) is 5.80. The highest BCUT2D eigenvalue weighted by Crippen LogP contribution is 2.24. The molecule has 2 heterocycles. The molecule has 0 saturated carbocycles. The van der Waals surface area contributed by atoms with Crippen molar-refractivity contribution in [3.63, 3.8) is 0 Å². The van der Waals surface area contributed by atoms with Gasteiger partial charge in [0.1, 0.15) is 6.67 Å². The summed E-state index contributed by atoms with van der Waals surface area (Å²) in [6, 6.07) is 5.01. The number of nitrogens with zero attached hydrogens (tertiary/aromatic N) is 4. The van der Waals surface area contributed by atoms with E-state index in [1.807, 2.05) is 44.3 Å². The smallest absolute Gasteiger partial charge is 0.165 e. The minimum Gasteiger partial charge on any atom is -0.491 e. The zero-order chi connectivity index (χ0) is 17.1. The van der Waals surface area contributed by atoms with E-state index in [1.165, 1.54) is 6.07 Å². The molecule has 0 bridgehead atoms. The summed E-state index contributed by atoms with van der Waals surface area (Å²) < 4.78 is 21.3. The number of aromatic nitrogens is 2. The van der Waals surface area contributed by atoms with Crippen molar-refractivity contribution in [1.82, 2.24) is 9.78 Å². The van der Waals surface area contributed by atoms with E-state index in [0.29, 0.717) is 13.3 Å². The van der Waals surface area contributed by atoms with E-state index in [0.717, 1.165) is 29.0 Å². The van der Waals surface area contributed by atoms with Crippen LogP contribution in [0.15, 0.2) is 47.4 Å². The van der Waals surface area contributed by atoms with E-state index in [1.54, 1.807) is 16.9 Å². The molecule has 1 aliphatic rings. The average molecular weight is 328 g/mol. The molecule has 0 unspecified atom stereocenters. The van der Waals surface area contributed by atoms with Crippen molar-refractivity contribution in [2.45, 2.75) is 20.3 Å². The first-order valence-electron chi connectivity index (χ1n) is 7.99. The van der Waals surface area contributed by atoms with Crippen molar-refractivity contribution in [3.8, 4) is 5.75 Å². The molecule has 0 aliphatic carbocycles. The number of allylic oxidation sites excluding steroid dienone is 1. The molecule has 1 aromatic carbocycles. The van der Waals surface area contributed by atoms with Crippen molar-refractivity contribution >= 4 is 11.4 Å². The Morgan fingerprint density at radius 2 is 2.17 bits per heavy atom. The van der Waals surface area contributed by atoms with Gasteiger partial charge >= 0.3 is 0 Å². The zero-order valence-electron chi connectivity index (χ0n) is 14.2. The van der Waals surface area contributed by atoms with Gasteiger partial charge in [-0.3, -0.25) is 9.67 Å². The first kappa shape index (κ1) is 16.2. The molecule has 6 heteroatoms. The molecule has 24 heavy (non-hydrogen) atoms. The maximum absolute atomic E-state index is 14.2. The van der Waals surface area contributed by atoms with Crippen LogP contribution < -0.4 is 9.64 Å². The van der Waals surface area contributed by atoms with E-state index in [9.17, 15) is 4.39 Å². The predicted molar refractivity (Wildman–Crippen MR) is 93.0 cm³/mol. The Hall–Kier alpha value is -2.63. The summed E-state index contributed by atoms with van der Waals surface area (Å²) >= 11 is 0. The number of benzene rings is 1. The minimum absolute atomic E-state index is 0.288. The zero-order valence-corrected chi connectivity index (χ0v) is 14.2. The molecule has 1 aromatic heterocycles. The van der Waals surface area contributed by atoms with Crippen molar-refractivity contribution in [2.75, 3.05) is 18.2 Å². The number of aryl methyl sites for hydroxylation is 1. The lowest BCUT2D eigenvalue weighted by molar-refractivity contribution is 0.301. The Bertz CT molecular complexity index is 794. The van der Waals surface area contributed by atoms with Crippen LogP contribution in [0.25, 0.3) is 0 Å². The van der Waals surface area contributed by atoms with Gasteiger partial charge in [-0.25, -0.2) is 4.39 Å². The Kier molecular flexibility index (Phi) is 4.64. The highest BCUT2D eigenvalue weighted by molar-refractivity contribution is 6.13. The number of hydrogen-bond donors (Lipinski definition) is 0. The fourth-order valence-electron chi connectivity index (χ4n) is 2.62. The summed E-state index contributed by atoms with van der Waals surface area (Å²) in [4.78, 5) is 6.63. The summed E-state index contributed by atoms with van der Waals surface area (Å²) in [6.45, 7) is 4.95. The lowest BCUT2D eigenvalue weighted by Crippen LogP contribution is -2.24. The summed E-state index contributed by atoms with van der Waals surface area (Å²) in [5, 5.41) is 4.17. The van der Waals surface area contributed by atoms with Gasteiger partial charge in [0, 0.05) is 25.0 Å². The van der Waals surface area contributed by atoms with E-state index in [2.05, 4.69) is 10.1 Å². The molecule has 5 nitrogen and oxygen atoms in total. The Labute approximate surface area is 141 Å². The first-order valence-corrected chi connectivity index (χ1v) is 7.99. The van der Waals surface area contributed by atoms with Crippen molar-refractivity contribution in [3.05, 3.63) is 53.7 Å². The van der Waals surface area contributed by atoms with Crippen LogP contribution in [0.2, 0.25) is 0 Å². The van der Waals surface area contributed by atoms with E-state index in [-0.39, 0.29) is 11.6 Å². The summed E-state index contributed by atoms with van der Waals surface area (Å²) in [6.07, 6.45) is 6.59. The summed E-state index contributed by atoms with van der Waals surface area (Å²) in [5.74, 6) is -0.0678. The second-order valence-corrected chi connectivity index (χ2v) is 5.80. The van der Waals surface area contributed by atoms with Crippen LogP contribution in [0.1, 0.15) is 25.8 Å². The SMILES string of the molecule is CCCOc1ccc(C2=NCN(c3cnn(C)c3)C=C2C)cc1F. The van der Waals surface area contributed by atoms with Gasteiger partial charge in [-0.2, -0.15) is 5.10 Å². The van der Waals surface area contributed by atoms with Crippen LogP contribution in [0.4, 0.5) is 10.1 Å². The largest absolute Gasteiger partial charge is 0.491 e. The molecule has 1 aliphatic heterocycles. The number of hydrogen-bond acceptors (Lipinski definition) is 4. The number of ether oxygens (including phenoxy) is 1. The summed E-state index contributed by atoms with van der Waals surface area (Å²) in [5.41, 5.74) is 3.52. The number of halogens is 1. The average Bonchev–Trinajstić information content (AvgIpc) is 3.00. The van der Waals surface area contributed by atoms with Gasteiger partial charge in [-0.15, -0.1) is 0 Å². The van der Waals surface area contributed by atoms with Crippen molar-refractivity contribution < 1.29 is 9.13 Å². The van der Waals surface area contributed by atoms with Crippen LogP contribution in [-0.2, 0) is 7.05 Å². The molecule has 2 aromatic rings. The molecule has 0 atom stereocenters. The van der Waals surface area contributed by atoms with E-state index >= 15 is 0 Å². The maximum Gasteiger partial charge on any atom is 0.165 e. The van der Waals surface area contributed by atoms with Gasteiger partial charge < -0.3 is 9.64 Å². The number of anilines is 1. The molecule has 0 N–H and O–H groups in total. The number of rotatable bonds is 5. The maximum atomic E-state index is 14.2. The summed E-state index contributed by atoms with van der Waals surface area (Å²) in [7, 11) is 1.88. The first-order chi connectivity index (χ1) is 11.6. The molecule has 0 radical (unpaired) electrons. The molecule has 3 rings (SSSR count). The van der Waals surface area contributed by atoms with Gasteiger partial charge in [-0.1, -0.05) is 6.92 Å². The third kappa shape index (κ3) is 3.32. The van der Waals surface area contributed by atoms with Crippen LogP contribution in [0, 0.1) is 5.82 Å². The van der Waals surface area contributed by atoms with E-state index in [4.69, 9.17) is 4.74 Å². The second kappa shape index (κ2) is 6.86. The molecular weight excluding hydrogens is 307 g/mol.